The van der Waals surface area contributed by atoms with E-state index in [0.29, 0.717) is 30.8 Å². The molecule has 2 rings (SSSR count). The molecule has 0 aliphatic carbocycles. The van der Waals surface area contributed by atoms with E-state index in [4.69, 9.17) is 0 Å². The van der Waals surface area contributed by atoms with E-state index in [9.17, 15) is 14.0 Å². The Balaban J connectivity index is 1.92. The summed E-state index contributed by atoms with van der Waals surface area (Å²) < 4.78 is 13.6. The molecule has 1 fully saturated rings. The fraction of sp³-hybridized carbons (Fsp3) is 0.579. The molecule has 0 aromatic heterocycles. The van der Waals surface area contributed by atoms with Crippen molar-refractivity contribution in [3.63, 3.8) is 0 Å². The van der Waals surface area contributed by atoms with Crippen LogP contribution in [0.4, 0.5) is 10.1 Å². The lowest BCUT2D eigenvalue weighted by atomic mass is 10.2. The number of halogens is 1. The highest BCUT2D eigenvalue weighted by Gasteiger charge is 2.25. The molecule has 25 heavy (non-hydrogen) atoms. The Labute approximate surface area is 149 Å². The first kappa shape index (κ1) is 19.4. The zero-order valence-corrected chi connectivity index (χ0v) is 15.3. The van der Waals surface area contributed by atoms with E-state index in [1.54, 1.807) is 19.1 Å². The average molecular weight is 349 g/mol. The van der Waals surface area contributed by atoms with Gasteiger partial charge in [0.25, 0.3) is 0 Å². The predicted octanol–water partition coefficient (Wildman–Crippen LogP) is 2.80. The normalized spacial score (nSPS) is 17.0. The monoisotopic (exact) mass is 349 g/mol. The maximum atomic E-state index is 13.6. The fourth-order valence-corrected chi connectivity index (χ4v) is 3.03. The van der Waals surface area contributed by atoms with Crippen molar-refractivity contribution in [2.24, 2.45) is 0 Å². The quantitative estimate of drug-likeness (QED) is 0.889. The van der Waals surface area contributed by atoms with E-state index in [1.807, 2.05) is 18.7 Å². The lowest BCUT2D eigenvalue weighted by Gasteiger charge is -2.27. The Bertz CT molecular complexity index is 621. The van der Waals surface area contributed by atoms with Crippen LogP contribution in [0.15, 0.2) is 18.2 Å². The summed E-state index contributed by atoms with van der Waals surface area (Å²) in [6, 6.07) is 4.37. The van der Waals surface area contributed by atoms with Crippen LogP contribution in [0, 0.1) is 12.7 Å². The van der Waals surface area contributed by atoms with Crippen molar-refractivity contribution < 1.29 is 14.0 Å². The Morgan fingerprint density at radius 1 is 1.24 bits per heavy atom. The molecule has 1 atom stereocenters. The largest absolute Gasteiger partial charge is 0.341 e. The molecule has 5 nitrogen and oxygen atoms in total. The number of carbonyl (C=O) groups excluding carboxylic acids is 2. The molecule has 6 heteroatoms. The second-order valence-corrected chi connectivity index (χ2v) is 6.65. The Morgan fingerprint density at radius 2 is 2.00 bits per heavy atom. The molecule has 1 N–H and O–H groups in total. The van der Waals surface area contributed by atoms with Crippen molar-refractivity contribution in [3.05, 3.63) is 29.6 Å². The van der Waals surface area contributed by atoms with E-state index in [2.05, 4.69) is 10.2 Å². The van der Waals surface area contributed by atoms with Gasteiger partial charge in [-0.1, -0.05) is 13.0 Å². The van der Waals surface area contributed by atoms with E-state index in [-0.39, 0.29) is 23.7 Å². The summed E-state index contributed by atoms with van der Waals surface area (Å²) in [5.74, 6) is -0.293. The smallest absolute Gasteiger partial charge is 0.241 e. The summed E-state index contributed by atoms with van der Waals surface area (Å²) in [4.78, 5) is 28.5. The molecule has 0 spiro atoms. The molecule has 0 saturated carbocycles. The van der Waals surface area contributed by atoms with E-state index < -0.39 is 0 Å². The van der Waals surface area contributed by atoms with Gasteiger partial charge < -0.3 is 10.2 Å². The van der Waals surface area contributed by atoms with Crippen LogP contribution in [-0.2, 0) is 9.59 Å². The number of rotatable bonds is 5. The number of nitrogens with zero attached hydrogens (tertiary/aromatic N) is 2. The molecule has 0 radical (unpaired) electrons. The van der Waals surface area contributed by atoms with Crippen molar-refractivity contribution in [2.45, 2.75) is 46.1 Å². The number of anilines is 1. The minimum absolute atomic E-state index is 0.156. The highest BCUT2D eigenvalue weighted by Crippen LogP contribution is 2.15. The second-order valence-electron chi connectivity index (χ2n) is 6.65. The lowest BCUT2D eigenvalue weighted by Crippen LogP contribution is -2.44. The van der Waals surface area contributed by atoms with Gasteiger partial charge in [0.05, 0.1) is 6.04 Å². The molecule has 1 aliphatic rings. The van der Waals surface area contributed by atoms with Gasteiger partial charge in [-0.25, -0.2) is 4.39 Å². The minimum Gasteiger partial charge on any atom is -0.341 e. The van der Waals surface area contributed by atoms with Gasteiger partial charge >= 0.3 is 0 Å². The molecule has 1 aromatic carbocycles. The Morgan fingerprint density at radius 3 is 2.68 bits per heavy atom. The number of hydrogen-bond acceptors (Lipinski definition) is 3. The molecule has 1 aliphatic heterocycles. The van der Waals surface area contributed by atoms with Crippen LogP contribution in [0.1, 0.15) is 38.7 Å². The summed E-state index contributed by atoms with van der Waals surface area (Å²) in [7, 11) is 0. The number of amides is 2. The zero-order valence-electron chi connectivity index (χ0n) is 15.3. The van der Waals surface area contributed by atoms with Crippen LogP contribution in [0.25, 0.3) is 0 Å². The number of carbonyl (C=O) groups is 2. The third-order valence-electron chi connectivity index (χ3n) is 4.71. The predicted molar refractivity (Wildman–Crippen MR) is 96.9 cm³/mol. The maximum absolute atomic E-state index is 13.6. The van der Waals surface area contributed by atoms with E-state index in [0.717, 1.165) is 25.9 Å². The molecule has 1 heterocycles. The molecule has 0 bridgehead atoms. The zero-order chi connectivity index (χ0) is 18.4. The van der Waals surface area contributed by atoms with Crippen molar-refractivity contribution in [2.75, 3.05) is 31.5 Å². The summed E-state index contributed by atoms with van der Waals surface area (Å²) in [5.41, 5.74) is 1.02. The van der Waals surface area contributed by atoms with Gasteiger partial charge in [0.1, 0.15) is 5.82 Å². The fourth-order valence-electron chi connectivity index (χ4n) is 3.03. The average Bonchev–Trinajstić information content (AvgIpc) is 2.84. The van der Waals surface area contributed by atoms with Gasteiger partial charge in [0.2, 0.25) is 11.8 Å². The third-order valence-corrected chi connectivity index (χ3v) is 4.71. The Hall–Kier alpha value is -1.95. The van der Waals surface area contributed by atoms with Crippen LogP contribution in [-0.4, -0.2) is 53.8 Å². The van der Waals surface area contributed by atoms with Gasteiger partial charge in [-0.2, -0.15) is 0 Å². The van der Waals surface area contributed by atoms with Crippen LogP contribution in [0.3, 0.4) is 0 Å². The lowest BCUT2D eigenvalue weighted by molar-refractivity contribution is -0.131. The highest BCUT2D eigenvalue weighted by atomic mass is 19.1. The van der Waals surface area contributed by atoms with Gasteiger partial charge in [-0.15, -0.1) is 0 Å². The standard InChI is InChI=1S/C19H28FN3O2/c1-4-6-18(24)23-10-5-9-22(11-12-23)15(3)19(25)21-16-8-7-14(2)17(20)13-16/h7-8,13,15H,4-6,9-12H2,1-3H3,(H,21,25)/t15-/m0/s1. The van der Waals surface area contributed by atoms with Gasteiger partial charge in [-0.05, 0) is 44.4 Å². The maximum Gasteiger partial charge on any atom is 0.241 e. The number of hydrogen-bond donors (Lipinski definition) is 1. The number of benzene rings is 1. The number of nitrogens with one attached hydrogen (secondary N) is 1. The molecule has 1 saturated heterocycles. The van der Waals surface area contributed by atoms with Gasteiger partial charge in [0.15, 0.2) is 0 Å². The van der Waals surface area contributed by atoms with Crippen molar-refractivity contribution in [1.82, 2.24) is 9.80 Å². The van der Waals surface area contributed by atoms with Crippen LogP contribution in [0.2, 0.25) is 0 Å². The highest BCUT2D eigenvalue weighted by molar-refractivity contribution is 5.94. The van der Waals surface area contributed by atoms with E-state index in [1.165, 1.54) is 6.07 Å². The summed E-state index contributed by atoms with van der Waals surface area (Å²) >= 11 is 0. The summed E-state index contributed by atoms with van der Waals surface area (Å²) in [6.45, 7) is 8.37. The van der Waals surface area contributed by atoms with Crippen LogP contribution >= 0.6 is 0 Å². The topological polar surface area (TPSA) is 52.7 Å². The SMILES string of the molecule is CCCC(=O)N1CCCN([C@@H](C)C(=O)Nc2ccc(C)c(F)c2)CC1. The molecule has 138 valence electrons. The van der Waals surface area contributed by atoms with Crippen molar-refractivity contribution >= 4 is 17.5 Å². The van der Waals surface area contributed by atoms with E-state index >= 15 is 0 Å². The van der Waals surface area contributed by atoms with Crippen LogP contribution in [0.5, 0.6) is 0 Å². The van der Waals surface area contributed by atoms with Crippen molar-refractivity contribution in [1.29, 1.82) is 0 Å². The summed E-state index contributed by atoms with van der Waals surface area (Å²) in [5, 5.41) is 2.78. The second kappa shape index (κ2) is 8.94. The first-order valence-electron chi connectivity index (χ1n) is 9.01. The minimum atomic E-state index is -0.328. The molecular weight excluding hydrogens is 321 g/mol. The summed E-state index contributed by atoms with van der Waals surface area (Å²) in [6.07, 6.45) is 2.28. The van der Waals surface area contributed by atoms with Crippen molar-refractivity contribution in [3.8, 4) is 0 Å². The molecular formula is C19H28FN3O2. The molecule has 0 unspecified atom stereocenters. The number of aryl methyl sites for hydroxylation is 1. The molecule has 2 amide bonds. The van der Waals surface area contributed by atoms with Gasteiger partial charge in [0, 0.05) is 38.3 Å². The first-order chi connectivity index (χ1) is 11.9. The Kier molecular flexibility index (Phi) is 6.93. The van der Waals surface area contributed by atoms with Crippen LogP contribution < -0.4 is 5.32 Å². The van der Waals surface area contributed by atoms with Gasteiger partial charge in [-0.3, -0.25) is 14.5 Å². The third kappa shape index (κ3) is 5.26. The molecule has 1 aromatic rings. The first-order valence-corrected chi connectivity index (χ1v) is 9.01.